The summed E-state index contributed by atoms with van der Waals surface area (Å²) in [5, 5.41) is 17.1. The fraction of sp³-hybridized carbons (Fsp3) is 0.385. The number of halogens is 1. The summed E-state index contributed by atoms with van der Waals surface area (Å²) in [6.45, 7) is 5.39. The van der Waals surface area contributed by atoms with Crippen molar-refractivity contribution >= 4 is 0 Å². The molecule has 0 aliphatic carbocycles. The molecule has 0 aliphatic heterocycles. The van der Waals surface area contributed by atoms with E-state index in [0.717, 1.165) is 0 Å². The van der Waals surface area contributed by atoms with Gasteiger partial charge in [-0.1, -0.05) is 12.1 Å². The molecule has 96 valence electrons. The highest BCUT2D eigenvalue weighted by atomic mass is 19.1. The van der Waals surface area contributed by atoms with Gasteiger partial charge in [0.05, 0.1) is 5.56 Å². The Bertz CT molecular complexity index is 563. The summed E-state index contributed by atoms with van der Waals surface area (Å²) >= 11 is 0. The maximum Gasteiger partial charge on any atom is 0.167 e. The Labute approximate surface area is 105 Å². The first-order chi connectivity index (χ1) is 8.56. The van der Waals surface area contributed by atoms with Gasteiger partial charge < -0.3 is 9.67 Å². The predicted molar refractivity (Wildman–Crippen MR) is 66.5 cm³/mol. The van der Waals surface area contributed by atoms with Crippen LogP contribution in [0.1, 0.15) is 31.3 Å². The molecule has 0 spiro atoms. The van der Waals surface area contributed by atoms with Crippen molar-refractivity contribution in [3.8, 4) is 11.4 Å². The molecule has 1 heterocycles. The number of aromatic nitrogens is 3. The van der Waals surface area contributed by atoms with E-state index in [0.29, 0.717) is 22.8 Å². The van der Waals surface area contributed by atoms with Crippen LogP contribution in [0.4, 0.5) is 4.39 Å². The monoisotopic (exact) mass is 249 g/mol. The summed E-state index contributed by atoms with van der Waals surface area (Å²) in [5.74, 6) is 0.604. The largest absolute Gasteiger partial charge is 0.388 e. The van der Waals surface area contributed by atoms with Crippen LogP contribution in [-0.4, -0.2) is 19.9 Å². The normalized spacial score (nSPS) is 11.2. The molecule has 0 fully saturated rings. The third-order valence-corrected chi connectivity index (χ3v) is 2.86. The van der Waals surface area contributed by atoms with Crippen LogP contribution >= 0.6 is 0 Å². The van der Waals surface area contributed by atoms with Gasteiger partial charge in [-0.05, 0) is 32.4 Å². The number of nitrogens with zero attached hydrogens (tertiary/aromatic N) is 3. The van der Waals surface area contributed by atoms with Crippen molar-refractivity contribution < 1.29 is 9.50 Å². The summed E-state index contributed by atoms with van der Waals surface area (Å²) in [6.07, 6.45) is 0. The molecular formula is C13H16FN3O. The van der Waals surface area contributed by atoms with Gasteiger partial charge in [-0.25, -0.2) is 4.39 Å². The van der Waals surface area contributed by atoms with Gasteiger partial charge in [0.15, 0.2) is 11.6 Å². The van der Waals surface area contributed by atoms with E-state index in [9.17, 15) is 9.50 Å². The van der Waals surface area contributed by atoms with Gasteiger partial charge in [0, 0.05) is 6.04 Å². The molecule has 0 unspecified atom stereocenters. The van der Waals surface area contributed by atoms with Crippen LogP contribution in [-0.2, 0) is 6.61 Å². The van der Waals surface area contributed by atoms with Gasteiger partial charge in [-0.2, -0.15) is 0 Å². The van der Waals surface area contributed by atoms with Crippen LogP contribution in [0.2, 0.25) is 0 Å². The van der Waals surface area contributed by atoms with Crippen molar-refractivity contribution in [1.29, 1.82) is 0 Å². The molecule has 1 aromatic heterocycles. The van der Waals surface area contributed by atoms with E-state index in [1.165, 1.54) is 0 Å². The third kappa shape index (κ3) is 2.01. The Morgan fingerprint density at radius 3 is 2.67 bits per heavy atom. The summed E-state index contributed by atoms with van der Waals surface area (Å²) in [5.41, 5.74) is 0.979. The first-order valence-electron chi connectivity index (χ1n) is 5.86. The SMILES string of the molecule is Cc1cccc(-c2nnc(CO)n2C(C)C)c1F. The number of hydrogen-bond donors (Lipinski definition) is 1. The van der Waals surface area contributed by atoms with Crippen LogP contribution in [0.15, 0.2) is 18.2 Å². The molecular weight excluding hydrogens is 233 g/mol. The van der Waals surface area contributed by atoms with Gasteiger partial charge in [0.2, 0.25) is 0 Å². The second-order valence-corrected chi connectivity index (χ2v) is 4.50. The first kappa shape index (κ1) is 12.7. The molecule has 5 heteroatoms. The molecule has 0 atom stereocenters. The number of hydrogen-bond acceptors (Lipinski definition) is 3. The van der Waals surface area contributed by atoms with E-state index >= 15 is 0 Å². The zero-order chi connectivity index (χ0) is 13.3. The fourth-order valence-corrected chi connectivity index (χ4v) is 1.98. The predicted octanol–water partition coefficient (Wildman–Crippen LogP) is 2.47. The number of aliphatic hydroxyl groups is 1. The van der Waals surface area contributed by atoms with E-state index in [1.807, 2.05) is 13.8 Å². The van der Waals surface area contributed by atoms with Crippen LogP contribution in [0.5, 0.6) is 0 Å². The second kappa shape index (κ2) is 4.86. The Hall–Kier alpha value is -1.75. The van der Waals surface area contributed by atoms with Crippen LogP contribution < -0.4 is 0 Å². The minimum absolute atomic E-state index is 0.0528. The first-order valence-corrected chi connectivity index (χ1v) is 5.86. The van der Waals surface area contributed by atoms with Gasteiger partial charge in [0.1, 0.15) is 12.4 Å². The minimum atomic E-state index is -0.295. The average molecular weight is 249 g/mol. The molecule has 2 rings (SSSR count). The van der Waals surface area contributed by atoms with Crippen molar-refractivity contribution in [3.05, 3.63) is 35.4 Å². The summed E-state index contributed by atoms with van der Waals surface area (Å²) in [6, 6.07) is 5.22. The highest BCUT2D eigenvalue weighted by molar-refractivity contribution is 5.58. The molecule has 0 radical (unpaired) electrons. The Balaban J connectivity index is 2.64. The standard InChI is InChI=1S/C13H16FN3O/c1-8(2)17-11(7-18)15-16-13(17)10-6-4-5-9(3)12(10)14/h4-6,8,18H,7H2,1-3H3. The molecule has 0 amide bonds. The van der Waals surface area contributed by atoms with Gasteiger partial charge >= 0.3 is 0 Å². The molecule has 0 aliphatic rings. The van der Waals surface area contributed by atoms with E-state index in [2.05, 4.69) is 10.2 Å². The Morgan fingerprint density at radius 1 is 1.33 bits per heavy atom. The summed E-state index contributed by atoms with van der Waals surface area (Å²) in [4.78, 5) is 0. The van der Waals surface area contributed by atoms with Crippen molar-refractivity contribution in [2.24, 2.45) is 0 Å². The van der Waals surface area contributed by atoms with Crippen molar-refractivity contribution in [2.45, 2.75) is 33.4 Å². The number of aryl methyl sites for hydroxylation is 1. The Kier molecular flexibility index (Phi) is 3.43. The lowest BCUT2D eigenvalue weighted by molar-refractivity contribution is 0.262. The van der Waals surface area contributed by atoms with E-state index in [4.69, 9.17) is 0 Å². The van der Waals surface area contributed by atoms with Gasteiger partial charge in [-0.15, -0.1) is 10.2 Å². The number of rotatable bonds is 3. The zero-order valence-corrected chi connectivity index (χ0v) is 10.7. The maximum absolute atomic E-state index is 14.1. The second-order valence-electron chi connectivity index (χ2n) is 4.50. The number of benzene rings is 1. The zero-order valence-electron chi connectivity index (χ0n) is 10.7. The smallest absolute Gasteiger partial charge is 0.167 e. The lowest BCUT2D eigenvalue weighted by Crippen LogP contribution is -2.08. The average Bonchev–Trinajstić information content (AvgIpc) is 2.76. The Morgan fingerprint density at radius 2 is 2.06 bits per heavy atom. The summed E-state index contributed by atoms with van der Waals surface area (Å²) < 4.78 is 15.8. The third-order valence-electron chi connectivity index (χ3n) is 2.86. The fourth-order valence-electron chi connectivity index (χ4n) is 1.98. The molecule has 0 saturated heterocycles. The topological polar surface area (TPSA) is 50.9 Å². The van der Waals surface area contributed by atoms with E-state index in [-0.39, 0.29) is 18.5 Å². The van der Waals surface area contributed by atoms with Gasteiger partial charge in [-0.3, -0.25) is 0 Å². The summed E-state index contributed by atoms with van der Waals surface area (Å²) in [7, 11) is 0. The minimum Gasteiger partial charge on any atom is -0.388 e. The number of aliphatic hydroxyl groups excluding tert-OH is 1. The van der Waals surface area contributed by atoms with Crippen molar-refractivity contribution in [1.82, 2.24) is 14.8 Å². The van der Waals surface area contributed by atoms with Crippen LogP contribution in [0.25, 0.3) is 11.4 Å². The molecule has 0 bridgehead atoms. The van der Waals surface area contributed by atoms with Crippen LogP contribution in [0, 0.1) is 12.7 Å². The molecule has 0 saturated carbocycles. The van der Waals surface area contributed by atoms with E-state index in [1.54, 1.807) is 29.7 Å². The molecule has 1 aromatic carbocycles. The molecule has 1 N–H and O–H groups in total. The van der Waals surface area contributed by atoms with E-state index < -0.39 is 0 Å². The highest BCUT2D eigenvalue weighted by Crippen LogP contribution is 2.26. The maximum atomic E-state index is 14.1. The van der Waals surface area contributed by atoms with Crippen molar-refractivity contribution in [2.75, 3.05) is 0 Å². The quantitative estimate of drug-likeness (QED) is 0.909. The highest BCUT2D eigenvalue weighted by Gasteiger charge is 2.18. The molecule has 4 nitrogen and oxygen atoms in total. The van der Waals surface area contributed by atoms with Crippen LogP contribution in [0.3, 0.4) is 0 Å². The van der Waals surface area contributed by atoms with Gasteiger partial charge in [0.25, 0.3) is 0 Å². The lowest BCUT2D eigenvalue weighted by atomic mass is 10.1. The molecule has 18 heavy (non-hydrogen) atoms. The molecule has 2 aromatic rings. The lowest BCUT2D eigenvalue weighted by Gasteiger charge is -2.13. The van der Waals surface area contributed by atoms with Crippen molar-refractivity contribution in [3.63, 3.8) is 0 Å².